The lowest BCUT2D eigenvalue weighted by Gasteiger charge is -2.09. The van der Waals surface area contributed by atoms with E-state index < -0.39 is 15.3 Å². The zero-order valence-electron chi connectivity index (χ0n) is 15.1. The minimum absolute atomic E-state index is 0.0302. The summed E-state index contributed by atoms with van der Waals surface area (Å²) in [5.74, 6) is 0.279. The Morgan fingerprint density at radius 2 is 1.81 bits per heavy atom. The lowest BCUT2D eigenvalue weighted by molar-refractivity contribution is 0.571. The van der Waals surface area contributed by atoms with E-state index in [-0.39, 0.29) is 12.0 Å². The summed E-state index contributed by atoms with van der Waals surface area (Å²) in [4.78, 5) is 4.57. The van der Waals surface area contributed by atoms with Crippen molar-refractivity contribution in [3.8, 4) is 11.1 Å². The highest BCUT2D eigenvalue weighted by molar-refractivity contribution is 7.90. The molecule has 26 heavy (non-hydrogen) atoms. The molecule has 2 aromatic carbocycles. The highest BCUT2D eigenvalue weighted by Gasteiger charge is 2.41. The van der Waals surface area contributed by atoms with Crippen LogP contribution in [0.1, 0.15) is 36.8 Å². The zero-order chi connectivity index (χ0) is 18.5. The molecule has 1 fully saturated rings. The molecule has 1 heterocycles. The minimum atomic E-state index is -3.20. The molecule has 0 spiro atoms. The van der Waals surface area contributed by atoms with Crippen LogP contribution in [0.5, 0.6) is 0 Å². The molecule has 3 aromatic rings. The fraction of sp³-hybridized carbons (Fsp3) is 0.350. The van der Waals surface area contributed by atoms with Gasteiger partial charge in [0.25, 0.3) is 0 Å². The van der Waals surface area contributed by atoms with E-state index in [0.29, 0.717) is 0 Å². The SMILES string of the molecule is Cc1nc2cc(-c3ccc(C4CC4NS(=O)(=O)C(C)C)cc3)ccc2s1. The molecule has 0 saturated heterocycles. The lowest BCUT2D eigenvalue weighted by atomic mass is 10.0. The molecule has 2 unspecified atom stereocenters. The molecule has 6 heteroatoms. The summed E-state index contributed by atoms with van der Waals surface area (Å²) in [7, 11) is -3.20. The van der Waals surface area contributed by atoms with Crippen LogP contribution in [0.2, 0.25) is 0 Å². The summed E-state index contributed by atoms with van der Waals surface area (Å²) >= 11 is 1.71. The first kappa shape index (κ1) is 17.6. The summed E-state index contributed by atoms with van der Waals surface area (Å²) in [5, 5.41) is 0.687. The van der Waals surface area contributed by atoms with Crippen LogP contribution in [-0.4, -0.2) is 24.7 Å². The normalized spacial score (nSPS) is 20.0. The maximum atomic E-state index is 12.0. The predicted octanol–water partition coefficient (Wildman–Crippen LogP) is 4.46. The second-order valence-corrected chi connectivity index (χ2v) is 10.7. The quantitative estimate of drug-likeness (QED) is 0.704. The Kier molecular flexibility index (Phi) is 4.37. The van der Waals surface area contributed by atoms with Gasteiger partial charge in [-0.15, -0.1) is 11.3 Å². The number of sulfonamides is 1. The molecule has 1 aliphatic carbocycles. The van der Waals surface area contributed by atoms with E-state index in [9.17, 15) is 8.42 Å². The molecule has 1 aliphatic rings. The third-order valence-corrected chi connectivity index (χ3v) is 7.72. The van der Waals surface area contributed by atoms with Crippen molar-refractivity contribution >= 4 is 31.6 Å². The number of nitrogens with zero attached hydrogens (tertiary/aromatic N) is 1. The average molecular weight is 387 g/mol. The Morgan fingerprint density at radius 1 is 1.12 bits per heavy atom. The number of fused-ring (bicyclic) bond motifs is 1. The molecular formula is C20H22N2O2S2. The first-order chi connectivity index (χ1) is 12.3. The van der Waals surface area contributed by atoms with Gasteiger partial charge in [-0.2, -0.15) is 0 Å². The molecule has 1 saturated carbocycles. The highest BCUT2D eigenvalue weighted by atomic mass is 32.2. The number of thiazole rings is 1. The molecule has 0 radical (unpaired) electrons. The van der Waals surface area contributed by atoms with Crippen LogP contribution in [-0.2, 0) is 10.0 Å². The van der Waals surface area contributed by atoms with Crippen molar-refractivity contribution in [2.24, 2.45) is 0 Å². The number of hydrogen-bond acceptors (Lipinski definition) is 4. The Hall–Kier alpha value is -1.76. The Bertz CT molecular complexity index is 1050. The van der Waals surface area contributed by atoms with Gasteiger partial charge in [-0.25, -0.2) is 18.1 Å². The van der Waals surface area contributed by atoms with E-state index in [2.05, 4.69) is 52.2 Å². The lowest BCUT2D eigenvalue weighted by Crippen LogP contribution is -2.33. The van der Waals surface area contributed by atoms with Crippen LogP contribution >= 0.6 is 11.3 Å². The van der Waals surface area contributed by atoms with Crippen molar-refractivity contribution in [3.63, 3.8) is 0 Å². The van der Waals surface area contributed by atoms with Crippen LogP contribution in [0.25, 0.3) is 21.3 Å². The van der Waals surface area contributed by atoms with E-state index >= 15 is 0 Å². The van der Waals surface area contributed by atoms with E-state index in [1.54, 1.807) is 25.2 Å². The minimum Gasteiger partial charge on any atom is -0.241 e. The van der Waals surface area contributed by atoms with E-state index in [4.69, 9.17) is 0 Å². The van der Waals surface area contributed by atoms with Crippen molar-refractivity contribution in [1.82, 2.24) is 9.71 Å². The molecule has 4 nitrogen and oxygen atoms in total. The molecule has 2 atom stereocenters. The zero-order valence-corrected chi connectivity index (χ0v) is 16.7. The van der Waals surface area contributed by atoms with Gasteiger partial charge in [0.05, 0.1) is 20.5 Å². The van der Waals surface area contributed by atoms with Gasteiger partial charge in [0.1, 0.15) is 0 Å². The number of rotatable bonds is 5. The third-order valence-electron chi connectivity index (χ3n) is 4.89. The summed E-state index contributed by atoms with van der Waals surface area (Å²) in [5.41, 5.74) is 4.54. The van der Waals surface area contributed by atoms with E-state index in [1.807, 2.05) is 6.92 Å². The topological polar surface area (TPSA) is 59.1 Å². The van der Waals surface area contributed by atoms with Crippen LogP contribution in [0.3, 0.4) is 0 Å². The summed E-state index contributed by atoms with van der Waals surface area (Å²) in [6.45, 7) is 5.43. The first-order valence-corrected chi connectivity index (χ1v) is 11.2. The highest BCUT2D eigenvalue weighted by Crippen LogP contribution is 2.42. The molecule has 1 N–H and O–H groups in total. The molecular weight excluding hydrogens is 364 g/mol. The van der Waals surface area contributed by atoms with Crippen molar-refractivity contribution in [3.05, 3.63) is 53.0 Å². The smallest absolute Gasteiger partial charge is 0.214 e. The number of aromatic nitrogens is 1. The van der Waals surface area contributed by atoms with Gasteiger partial charge in [-0.3, -0.25) is 0 Å². The van der Waals surface area contributed by atoms with Crippen molar-refractivity contribution in [1.29, 1.82) is 0 Å². The van der Waals surface area contributed by atoms with Crippen LogP contribution in [0.15, 0.2) is 42.5 Å². The molecule has 136 valence electrons. The monoisotopic (exact) mass is 386 g/mol. The number of benzene rings is 2. The Balaban J connectivity index is 1.50. The first-order valence-electron chi connectivity index (χ1n) is 8.82. The van der Waals surface area contributed by atoms with Gasteiger partial charge in [0.15, 0.2) is 0 Å². The van der Waals surface area contributed by atoms with Crippen molar-refractivity contribution < 1.29 is 8.42 Å². The van der Waals surface area contributed by atoms with Gasteiger partial charge in [0, 0.05) is 12.0 Å². The molecule has 4 rings (SSSR count). The van der Waals surface area contributed by atoms with E-state index in [0.717, 1.165) is 28.1 Å². The standard InChI is InChI=1S/C20H22N2O2S2/c1-12(2)26(23,24)22-18-11-17(18)15-6-4-14(5-7-15)16-8-9-20-19(10-16)21-13(3)25-20/h4-10,12,17-18,22H,11H2,1-3H3. The Morgan fingerprint density at radius 3 is 2.50 bits per heavy atom. The van der Waals surface area contributed by atoms with Crippen LogP contribution in [0.4, 0.5) is 0 Å². The number of nitrogens with one attached hydrogen (secondary N) is 1. The number of aryl methyl sites for hydroxylation is 1. The molecule has 1 aromatic heterocycles. The van der Waals surface area contributed by atoms with Gasteiger partial charge in [-0.05, 0) is 56.0 Å². The second-order valence-electron chi connectivity index (χ2n) is 7.20. The van der Waals surface area contributed by atoms with Crippen LogP contribution < -0.4 is 4.72 Å². The second kappa shape index (κ2) is 6.44. The maximum Gasteiger partial charge on any atom is 0.214 e. The van der Waals surface area contributed by atoms with Crippen LogP contribution in [0, 0.1) is 6.92 Å². The van der Waals surface area contributed by atoms with Gasteiger partial charge >= 0.3 is 0 Å². The third kappa shape index (κ3) is 3.41. The van der Waals surface area contributed by atoms with E-state index in [1.165, 1.54) is 10.3 Å². The fourth-order valence-electron chi connectivity index (χ4n) is 3.19. The maximum absolute atomic E-state index is 12.0. The van der Waals surface area contributed by atoms with Crippen molar-refractivity contribution in [2.75, 3.05) is 0 Å². The predicted molar refractivity (Wildman–Crippen MR) is 108 cm³/mol. The van der Waals surface area contributed by atoms with Gasteiger partial charge in [0.2, 0.25) is 10.0 Å². The Labute approximate surface area is 158 Å². The number of hydrogen-bond donors (Lipinski definition) is 1. The van der Waals surface area contributed by atoms with Crippen molar-refractivity contribution in [2.45, 2.75) is 44.4 Å². The summed E-state index contributed by atoms with van der Waals surface area (Å²) in [6, 6.07) is 14.9. The molecule has 0 amide bonds. The van der Waals surface area contributed by atoms with Gasteiger partial charge in [-0.1, -0.05) is 30.3 Å². The summed E-state index contributed by atoms with van der Waals surface area (Å²) < 4.78 is 28.0. The average Bonchev–Trinajstić information content (AvgIpc) is 3.24. The molecule has 0 aliphatic heterocycles. The van der Waals surface area contributed by atoms with Gasteiger partial charge < -0.3 is 0 Å². The molecule has 0 bridgehead atoms. The fourth-order valence-corrected chi connectivity index (χ4v) is 4.95. The summed E-state index contributed by atoms with van der Waals surface area (Å²) in [6.07, 6.45) is 0.870. The largest absolute Gasteiger partial charge is 0.241 e.